The molecule has 4 nitrogen and oxygen atoms in total. The number of rotatable bonds is 1. The molecule has 108 valence electrons. The molecule has 0 unspecified atom stereocenters. The summed E-state index contributed by atoms with van der Waals surface area (Å²) < 4.78 is 0. The van der Waals surface area contributed by atoms with Crippen molar-refractivity contribution in [1.29, 1.82) is 0 Å². The van der Waals surface area contributed by atoms with Gasteiger partial charge in [0.15, 0.2) is 0 Å². The summed E-state index contributed by atoms with van der Waals surface area (Å²) in [5.74, 6) is 0.362. The van der Waals surface area contributed by atoms with Crippen molar-refractivity contribution in [3.05, 3.63) is 29.3 Å². The van der Waals surface area contributed by atoms with Crippen LogP contribution >= 0.6 is 0 Å². The van der Waals surface area contributed by atoms with Gasteiger partial charge in [0, 0.05) is 37.1 Å². The Kier molecular flexibility index (Phi) is 3.84. The number of nitrogens with zero attached hydrogens (tertiary/aromatic N) is 1. The predicted octanol–water partition coefficient (Wildman–Crippen LogP) is 2.49. The number of carbonyl (C=O) groups is 2. The van der Waals surface area contributed by atoms with Gasteiger partial charge in [-0.15, -0.1) is 0 Å². The number of piperidine rings is 1. The standard InChI is InChI=1S/C16H21NO3/c1-16(2,3)13-10-11(4-5-14(13)19)15(20)17-8-6-12(18)7-9-17/h4-5,10,19H,6-9H2,1-3H3. The minimum atomic E-state index is -0.224. The van der Waals surface area contributed by atoms with Gasteiger partial charge in [-0.2, -0.15) is 0 Å². The zero-order valence-electron chi connectivity index (χ0n) is 12.3. The van der Waals surface area contributed by atoms with Crippen molar-refractivity contribution < 1.29 is 14.7 Å². The quantitative estimate of drug-likeness (QED) is 0.856. The highest BCUT2D eigenvalue weighted by atomic mass is 16.3. The lowest BCUT2D eigenvalue weighted by Gasteiger charge is -2.27. The molecular weight excluding hydrogens is 254 g/mol. The van der Waals surface area contributed by atoms with E-state index < -0.39 is 0 Å². The van der Waals surface area contributed by atoms with Gasteiger partial charge in [0.1, 0.15) is 11.5 Å². The van der Waals surface area contributed by atoms with E-state index in [-0.39, 0.29) is 22.9 Å². The molecule has 0 atom stereocenters. The molecule has 20 heavy (non-hydrogen) atoms. The van der Waals surface area contributed by atoms with Crippen molar-refractivity contribution in [2.45, 2.75) is 39.0 Å². The van der Waals surface area contributed by atoms with Gasteiger partial charge in [-0.1, -0.05) is 20.8 Å². The summed E-state index contributed by atoms with van der Waals surface area (Å²) in [6, 6.07) is 4.97. The van der Waals surface area contributed by atoms with Crippen LogP contribution in [-0.2, 0) is 10.2 Å². The molecule has 1 aliphatic heterocycles. The molecule has 0 radical (unpaired) electrons. The van der Waals surface area contributed by atoms with E-state index in [0.717, 1.165) is 5.56 Å². The Bertz CT molecular complexity index is 533. The summed E-state index contributed by atoms with van der Waals surface area (Å²) in [5.41, 5.74) is 1.11. The second-order valence-electron chi connectivity index (χ2n) is 6.31. The zero-order valence-corrected chi connectivity index (χ0v) is 12.3. The van der Waals surface area contributed by atoms with Gasteiger partial charge in [-0.25, -0.2) is 0 Å². The lowest BCUT2D eigenvalue weighted by Crippen LogP contribution is -2.38. The molecule has 1 heterocycles. The number of aromatic hydroxyl groups is 1. The number of carbonyl (C=O) groups excluding carboxylic acids is 2. The van der Waals surface area contributed by atoms with Crippen LogP contribution in [0.25, 0.3) is 0 Å². The molecule has 2 rings (SSSR count). The second kappa shape index (κ2) is 5.27. The maximum atomic E-state index is 12.4. The normalized spacial score (nSPS) is 16.4. The Hall–Kier alpha value is -1.84. The molecule has 1 saturated heterocycles. The predicted molar refractivity (Wildman–Crippen MR) is 77.0 cm³/mol. The third-order valence-electron chi connectivity index (χ3n) is 3.66. The smallest absolute Gasteiger partial charge is 0.253 e. The molecule has 1 fully saturated rings. The Morgan fingerprint density at radius 1 is 1.20 bits per heavy atom. The van der Waals surface area contributed by atoms with Crippen LogP contribution in [0.3, 0.4) is 0 Å². The Labute approximate surface area is 119 Å². The van der Waals surface area contributed by atoms with Crippen LogP contribution in [0.2, 0.25) is 0 Å². The second-order valence-corrected chi connectivity index (χ2v) is 6.31. The number of ketones is 1. The number of amides is 1. The molecule has 0 aromatic heterocycles. The minimum Gasteiger partial charge on any atom is -0.508 e. The van der Waals surface area contributed by atoms with Crippen LogP contribution in [-0.4, -0.2) is 34.8 Å². The van der Waals surface area contributed by atoms with Crippen LogP contribution in [0.1, 0.15) is 49.5 Å². The van der Waals surface area contributed by atoms with Crippen molar-refractivity contribution in [2.24, 2.45) is 0 Å². The average molecular weight is 275 g/mol. The highest BCUT2D eigenvalue weighted by Crippen LogP contribution is 2.31. The Morgan fingerprint density at radius 2 is 1.80 bits per heavy atom. The number of Topliss-reactive ketones (excluding diaryl/α,β-unsaturated/α-hetero) is 1. The van der Waals surface area contributed by atoms with Gasteiger partial charge < -0.3 is 10.0 Å². The summed E-state index contributed by atoms with van der Waals surface area (Å²) in [5, 5.41) is 9.93. The molecule has 0 spiro atoms. The van der Waals surface area contributed by atoms with Crippen LogP contribution < -0.4 is 0 Å². The molecule has 0 bridgehead atoms. The van der Waals surface area contributed by atoms with E-state index in [1.54, 1.807) is 23.1 Å². The Morgan fingerprint density at radius 3 is 2.35 bits per heavy atom. The fourth-order valence-electron chi connectivity index (χ4n) is 2.41. The summed E-state index contributed by atoms with van der Waals surface area (Å²) in [6.07, 6.45) is 0.881. The van der Waals surface area contributed by atoms with E-state index in [1.165, 1.54) is 0 Å². The highest BCUT2D eigenvalue weighted by Gasteiger charge is 2.24. The van der Waals surface area contributed by atoms with E-state index in [4.69, 9.17) is 0 Å². The molecule has 4 heteroatoms. The lowest BCUT2D eigenvalue weighted by molar-refractivity contribution is -0.120. The zero-order chi connectivity index (χ0) is 14.9. The van der Waals surface area contributed by atoms with Gasteiger partial charge in [0.2, 0.25) is 0 Å². The van der Waals surface area contributed by atoms with E-state index in [2.05, 4.69) is 0 Å². The third-order valence-corrected chi connectivity index (χ3v) is 3.66. The molecule has 1 aromatic rings. The summed E-state index contributed by atoms with van der Waals surface area (Å²) in [7, 11) is 0. The molecule has 0 saturated carbocycles. The Balaban J connectivity index is 2.25. The van der Waals surface area contributed by atoms with Crippen LogP contribution in [0.4, 0.5) is 0 Å². The lowest BCUT2D eigenvalue weighted by atomic mass is 9.85. The van der Waals surface area contributed by atoms with Gasteiger partial charge in [-0.3, -0.25) is 9.59 Å². The molecule has 1 aromatic carbocycles. The summed E-state index contributed by atoms with van der Waals surface area (Å²) in [6.45, 7) is 6.97. The van der Waals surface area contributed by atoms with Crippen molar-refractivity contribution >= 4 is 11.7 Å². The van der Waals surface area contributed by atoms with Crippen molar-refractivity contribution in [1.82, 2.24) is 4.90 Å². The largest absolute Gasteiger partial charge is 0.508 e. The van der Waals surface area contributed by atoms with Gasteiger partial charge >= 0.3 is 0 Å². The van der Waals surface area contributed by atoms with Crippen molar-refractivity contribution in [2.75, 3.05) is 13.1 Å². The topological polar surface area (TPSA) is 57.6 Å². The number of phenols is 1. The van der Waals surface area contributed by atoms with Crippen LogP contribution in [0.5, 0.6) is 5.75 Å². The third kappa shape index (κ3) is 3.00. The highest BCUT2D eigenvalue weighted by molar-refractivity contribution is 5.95. The maximum Gasteiger partial charge on any atom is 0.253 e. The molecule has 1 aliphatic rings. The number of benzene rings is 1. The first-order chi connectivity index (χ1) is 9.29. The van der Waals surface area contributed by atoms with Crippen molar-refractivity contribution in [3.8, 4) is 5.75 Å². The maximum absolute atomic E-state index is 12.4. The minimum absolute atomic E-state index is 0.0667. The number of likely N-dealkylation sites (tertiary alicyclic amines) is 1. The summed E-state index contributed by atoms with van der Waals surface area (Å²) in [4.78, 5) is 25.4. The SMILES string of the molecule is CC(C)(C)c1cc(C(=O)N2CCC(=O)CC2)ccc1O. The first kappa shape index (κ1) is 14.6. The first-order valence-electron chi connectivity index (χ1n) is 6.93. The number of hydrogen-bond donors (Lipinski definition) is 1. The fourth-order valence-corrected chi connectivity index (χ4v) is 2.41. The molecule has 1 N–H and O–H groups in total. The number of phenolic OH excluding ortho intramolecular Hbond substituents is 1. The van der Waals surface area contributed by atoms with Gasteiger partial charge in [0.25, 0.3) is 5.91 Å². The van der Waals surface area contributed by atoms with Gasteiger partial charge in [-0.05, 0) is 23.6 Å². The number of hydrogen-bond acceptors (Lipinski definition) is 3. The summed E-state index contributed by atoms with van der Waals surface area (Å²) >= 11 is 0. The molecule has 1 amide bonds. The van der Waals surface area contributed by atoms with E-state index >= 15 is 0 Å². The monoisotopic (exact) mass is 275 g/mol. The van der Waals surface area contributed by atoms with E-state index in [0.29, 0.717) is 31.5 Å². The van der Waals surface area contributed by atoms with Crippen LogP contribution in [0, 0.1) is 0 Å². The average Bonchev–Trinajstić information content (AvgIpc) is 2.38. The first-order valence-corrected chi connectivity index (χ1v) is 6.93. The molecule has 0 aliphatic carbocycles. The van der Waals surface area contributed by atoms with Crippen LogP contribution in [0.15, 0.2) is 18.2 Å². The fraction of sp³-hybridized carbons (Fsp3) is 0.500. The van der Waals surface area contributed by atoms with Crippen molar-refractivity contribution in [3.63, 3.8) is 0 Å². The van der Waals surface area contributed by atoms with E-state index in [9.17, 15) is 14.7 Å². The van der Waals surface area contributed by atoms with Gasteiger partial charge in [0.05, 0.1) is 0 Å². The molecular formula is C16H21NO3. The van der Waals surface area contributed by atoms with E-state index in [1.807, 2.05) is 20.8 Å².